The molecule has 1 nitrogen and oxygen atoms in total. The van der Waals surface area contributed by atoms with Gasteiger partial charge in [0.2, 0.25) is 0 Å². The number of aliphatic hydroxyl groups excluding tert-OH is 1. The highest BCUT2D eigenvalue weighted by Gasteiger charge is 2.66. The van der Waals surface area contributed by atoms with Gasteiger partial charge in [0.1, 0.15) is 0 Å². The van der Waals surface area contributed by atoms with Crippen LogP contribution in [0.5, 0.6) is 0 Å². The van der Waals surface area contributed by atoms with E-state index in [1.165, 1.54) is 0 Å². The van der Waals surface area contributed by atoms with E-state index in [4.69, 9.17) is 0 Å². The summed E-state index contributed by atoms with van der Waals surface area (Å²) in [5.74, 6) is -3.96. The summed E-state index contributed by atoms with van der Waals surface area (Å²) in [6, 6.07) is 0. The molecule has 2 bridgehead atoms. The van der Waals surface area contributed by atoms with E-state index < -0.39 is 23.9 Å². The Kier molecular flexibility index (Phi) is 1.30. The predicted molar refractivity (Wildman–Crippen MR) is 43.3 cm³/mol. The molecule has 0 aliphatic heterocycles. The Bertz CT molecular complexity index is 274. The molecule has 0 saturated heterocycles. The van der Waals surface area contributed by atoms with Crippen molar-refractivity contribution in [3.8, 4) is 0 Å². The number of halogens is 2. The molecule has 0 heterocycles. The average molecular weight is 186 g/mol. The topological polar surface area (TPSA) is 20.2 Å². The number of rotatable bonds is 0. The van der Waals surface area contributed by atoms with Crippen LogP contribution in [0.4, 0.5) is 8.78 Å². The number of hydrogen-bond donors (Lipinski definition) is 1. The maximum Gasteiger partial charge on any atom is 0.261 e. The van der Waals surface area contributed by atoms with Gasteiger partial charge < -0.3 is 5.11 Å². The minimum absolute atomic E-state index is 0.0417. The number of aliphatic hydroxyl groups is 1. The Labute approximate surface area is 75.4 Å². The van der Waals surface area contributed by atoms with Crippen molar-refractivity contribution in [3.63, 3.8) is 0 Å². The third-order valence-corrected chi connectivity index (χ3v) is 4.03. The molecule has 3 aliphatic carbocycles. The Hall–Kier alpha value is -0.440. The fraction of sp³-hybridized carbons (Fsp3) is 0.800. The largest absolute Gasteiger partial charge is 0.393 e. The molecule has 2 fully saturated rings. The van der Waals surface area contributed by atoms with Gasteiger partial charge in [-0.15, -0.1) is 0 Å². The summed E-state index contributed by atoms with van der Waals surface area (Å²) in [6.07, 6.45) is 4.26. The third-order valence-electron chi connectivity index (χ3n) is 4.03. The van der Waals surface area contributed by atoms with Gasteiger partial charge in [-0.25, -0.2) is 8.78 Å². The molecular formula is C10H12F2O. The van der Waals surface area contributed by atoms with Crippen molar-refractivity contribution in [2.75, 3.05) is 0 Å². The summed E-state index contributed by atoms with van der Waals surface area (Å²) >= 11 is 0. The van der Waals surface area contributed by atoms with Crippen molar-refractivity contribution in [3.05, 3.63) is 12.2 Å². The van der Waals surface area contributed by atoms with Gasteiger partial charge in [0.05, 0.1) is 6.10 Å². The summed E-state index contributed by atoms with van der Waals surface area (Å²) in [7, 11) is 0. The van der Waals surface area contributed by atoms with Crippen molar-refractivity contribution >= 4 is 0 Å². The maximum absolute atomic E-state index is 13.5. The lowest BCUT2D eigenvalue weighted by molar-refractivity contribution is -0.0545. The van der Waals surface area contributed by atoms with Crippen LogP contribution >= 0.6 is 0 Å². The first-order valence-electron chi connectivity index (χ1n) is 4.86. The molecule has 0 radical (unpaired) electrons. The second-order valence-electron chi connectivity index (χ2n) is 4.50. The minimum Gasteiger partial charge on any atom is -0.393 e. The normalized spacial score (nSPS) is 55.8. The van der Waals surface area contributed by atoms with E-state index in [2.05, 4.69) is 0 Å². The molecule has 13 heavy (non-hydrogen) atoms. The molecule has 1 unspecified atom stereocenters. The van der Waals surface area contributed by atoms with E-state index in [1.54, 1.807) is 12.2 Å². The van der Waals surface area contributed by atoms with Gasteiger partial charge in [-0.05, 0) is 18.8 Å². The summed E-state index contributed by atoms with van der Waals surface area (Å²) in [5, 5.41) is 9.59. The second kappa shape index (κ2) is 2.14. The maximum atomic E-state index is 13.5. The molecule has 5 atom stereocenters. The highest BCUT2D eigenvalue weighted by molar-refractivity contribution is 5.24. The number of allylic oxidation sites excluding steroid dienone is 2. The monoisotopic (exact) mass is 186 g/mol. The molecule has 3 heteroatoms. The van der Waals surface area contributed by atoms with Gasteiger partial charge in [-0.2, -0.15) is 0 Å². The van der Waals surface area contributed by atoms with Crippen LogP contribution in [-0.2, 0) is 0 Å². The lowest BCUT2D eigenvalue weighted by Crippen LogP contribution is -2.28. The zero-order valence-corrected chi connectivity index (χ0v) is 7.16. The highest BCUT2D eigenvalue weighted by Crippen LogP contribution is 2.62. The minimum atomic E-state index is -2.57. The lowest BCUT2D eigenvalue weighted by atomic mass is 9.85. The number of fused-ring (bicyclic) bond motifs is 5. The molecule has 3 rings (SSSR count). The van der Waals surface area contributed by atoms with Crippen LogP contribution in [0.15, 0.2) is 12.2 Å². The molecule has 0 amide bonds. The van der Waals surface area contributed by atoms with Gasteiger partial charge >= 0.3 is 0 Å². The zero-order valence-electron chi connectivity index (χ0n) is 7.16. The summed E-state index contributed by atoms with van der Waals surface area (Å²) < 4.78 is 27.0. The van der Waals surface area contributed by atoms with Gasteiger partial charge in [0.25, 0.3) is 5.92 Å². The molecule has 3 aliphatic rings. The number of alkyl halides is 2. The van der Waals surface area contributed by atoms with Crippen molar-refractivity contribution in [1.82, 2.24) is 0 Å². The number of hydrogen-bond acceptors (Lipinski definition) is 1. The van der Waals surface area contributed by atoms with Crippen LogP contribution in [0, 0.1) is 23.7 Å². The predicted octanol–water partition coefficient (Wildman–Crippen LogP) is 1.82. The summed E-state index contributed by atoms with van der Waals surface area (Å²) in [6.45, 7) is 0. The van der Waals surface area contributed by atoms with E-state index in [1.807, 2.05) is 0 Å². The van der Waals surface area contributed by atoms with Crippen LogP contribution in [-0.4, -0.2) is 17.1 Å². The first kappa shape index (κ1) is 7.92. The fourth-order valence-corrected chi connectivity index (χ4v) is 3.49. The lowest BCUT2D eigenvalue weighted by Gasteiger charge is -2.21. The van der Waals surface area contributed by atoms with Crippen molar-refractivity contribution in [1.29, 1.82) is 0 Å². The first-order chi connectivity index (χ1) is 6.12. The standard InChI is InChI=1S/C10H12F2O/c11-10(12)6-2-3-7(10)9-5(6)1-4-8(9)13/h2-3,5-9,13H,1,4H2/t5-,6+,7-,8?,9-/m0/s1. The van der Waals surface area contributed by atoms with Gasteiger partial charge in [0, 0.05) is 17.8 Å². The Balaban J connectivity index is 2.03. The molecule has 0 spiro atoms. The molecule has 72 valence electrons. The van der Waals surface area contributed by atoms with Crippen molar-refractivity contribution in [2.24, 2.45) is 23.7 Å². The van der Waals surface area contributed by atoms with Crippen LogP contribution in [0.3, 0.4) is 0 Å². The SMILES string of the molecule is OC1CC[C@@H]2[C@H]1[C@@H]1C=C[C@H]2C1(F)F. The van der Waals surface area contributed by atoms with E-state index >= 15 is 0 Å². The Morgan fingerprint density at radius 1 is 1.15 bits per heavy atom. The smallest absolute Gasteiger partial charge is 0.261 e. The van der Waals surface area contributed by atoms with Crippen LogP contribution in [0.25, 0.3) is 0 Å². The Morgan fingerprint density at radius 3 is 2.54 bits per heavy atom. The molecule has 0 aromatic heterocycles. The average Bonchev–Trinajstić information content (AvgIpc) is 2.63. The molecule has 1 N–H and O–H groups in total. The molecular weight excluding hydrogens is 174 g/mol. The summed E-state index contributed by atoms with van der Waals surface area (Å²) in [4.78, 5) is 0. The Morgan fingerprint density at radius 2 is 1.85 bits per heavy atom. The van der Waals surface area contributed by atoms with Gasteiger partial charge in [-0.3, -0.25) is 0 Å². The van der Waals surface area contributed by atoms with E-state index in [0.717, 1.165) is 6.42 Å². The highest BCUT2D eigenvalue weighted by atomic mass is 19.3. The summed E-state index contributed by atoms with van der Waals surface area (Å²) in [5.41, 5.74) is 0. The van der Waals surface area contributed by atoms with E-state index in [9.17, 15) is 13.9 Å². The van der Waals surface area contributed by atoms with Crippen LogP contribution in [0.2, 0.25) is 0 Å². The van der Waals surface area contributed by atoms with Crippen LogP contribution in [0.1, 0.15) is 12.8 Å². The van der Waals surface area contributed by atoms with Gasteiger partial charge in [0.15, 0.2) is 0 Å². The van der Waals surface area contributed by atoms with Gasteiger partial charge in [-0.1, -0.05) is 12.2 Å². The first-order valence-corrected chi connectivity index (χ1v) is 4.86. The van der Waals surface area contributed by atoms with E-state index in [-0.39, 0.29) is 11.8 Å². The van der Waals surface area contributed by atoms with E-state index in [0.29, 0.717) is 6.42 Å². The zero-order chi connectivity index (χ0) is 9.22. The van der Waals surface area contributed by atoms with Crippen LogP contribution < -0.4 is 0 Å². The second-order valence-corrected chi connectivity index (χ2v) is 4.50. The van der Waals surface area contributed by atoms with Crippen molar-refractivity contribution in [2.45, 2.75) is 24.9 Å². The molecule has 0 aromatic carbocycles. The quantitative estimate of drug-likeness (QED) is 0.572. The third kappa shape index (κ3) is 0.749. The molecule has 0 aromatic rings. The van der Waals surface area contributed by atoms with Crippen molar-refractivity contribution < 1.29 is 13.9 Å². The molecule has 2 saturated carbocycles. The fourth-order valence-electron chi connectivity index (χ4n) is 3.49.